The molecule has 0 aliphatic rings. The fourth-order valence-corrected chi connectivity index (χ4v) is 1.85. The standard InChI is InChI=1S/C13H12BrN3O/c1-9(18)16-10-4-2-5-11(8-10)17-13-12(14)6-3-7-15-13/h2-8H,1H3,(H,15,17)(H,16,18). The molecular weight excluding hydrogens is 294 g/mol. The number of hydrogen-bond donors (Lipinski definition) is 2. The van der Waals surface area contributed by atoms with Crippen molar-refractivity contribution in [2.45, 2.75) is 6.92 Å². The van der Waals surface area contributed by atoms with Gasteiger partial charge in [0.15, 0.2) is 0 Å². The molecule has 2 aromatic rings. The van der Waals surface area contributed by atoms with E-state index in [1.807, 2.05) is 36.4 Å². The molecule has 0 saturated carbocycles. The van der Waals surface area contributed by atoms with E-state index in [2.05, 4.69) is 31.5 Å². The first-order chi connectivity index (χ1) is 8.65. The van der Waals surface area contributed by atoms with Crippen molar-refractivity contribution in [2.24, 2.45) is 0 Å². The molecule has 4 nitrogen and oxygen atoms in total. The molecule has 0 spiro atoms. The van der Waals surface area contributed by atoms with Crippen molar-refractivity contribution in [3.63, 3.8) is 0 Å². The molecule has 0 fully saturated rings. The van der Waals surface area contributed by atoms with Crippen molar-refractivity contribution < 1.29 is 4.79 Å². The molecule has 2 rings (SSSR count). The third-order valence-corrected chi connectivity index (χ3v) is 2.84. The summed E-state index contributed by atoms with van der Waals surface area (Å²) in [6, 6.07) is 11.2. The van der Waals surface area contributed by atoms with E-state index in [0.29, 0.717) is 0 Å². The largest absolute Gasteiger partial charge is 0.339 e. The average Bonchev–Trinajstić information content (AvgIpc) is 2.32. The zero-order valence-electron chi connectivity index (χ0n) is 9.77. The Morgan fingerprint density at radius 2 is 2.00 bits per heavy atom. The van der Waals surface area contributed by atoms with E-state index in [1.54, 1.807) is 6.20 Å². The highest BCUT2D eigenvalue weighted by Gasteiger charge is 2.02. The number of aromatic nitrogens is 1. The average molecular weight is 306 g/mol. The predicted molar refractivity (Wildman–Crippen MR) is 76.0 cm³/mol. The Labute approximate surface area is 114 Å². The minimum Gasteiger partial charge on any atom is -0.339 e. The first-order valence-electron chi connectivity index (χ1n) is 5.40. The van der Waals surface area contributed by atoms with Gasteiger partial charge in [-0.15, -0.1) is 0 Å². The van der Waals surface area contributed by atoms with Crippen LogP contribution in [0.25, 0.3) is 0 Å². The Balaban J connectivity index is 2.19. The van der Waals surface area contributed by atoms with Crippen LogP contribution in [0.5, 0.6) is 0 Å². The second-order valence-corrected chi connectivity index (χ2v) is 4.58. The van der Waals surface area contributed by atoms with Crippen LogP contribution in [-0.2, 0) is 4.79 Å². The number of nitrogens with zero attached hydrogens (tertiary/aromatic N) is 1. The molecule has 2 N–H and O–H groups in total. The number of pyridine rings is 1. The van der Waals surface area contributed by atoms with Crippen molar-refractivity contribution in [1.29, 1.82) is 0 Å². The van der Waals surface area contributed by atoms with E-state index < -0.39 is 0 Å². The highest BCUT2D eigenvalue weighted by atomic mass is 79.9. The Morgan fingerprint density at radius 3 is 2.72 bits per heavy atom. The number of anilines is 3. The summed E-state index contributed by atoms with van der Waals surface area (Å²) in [4.78, 5) is 15.2. The fraction of sp³-hybridized carbons (Fsp3) is 0.0769. The molecular formula is C13H12BrN3O. The summed E-state index contributed by atoms with van der Waals surface area (Å²) in [6.07, 6.45) is 1.71. The van der Waals surface area contributed by atoms with Crippen LogP contribution in [0.3, 0.4) is 0 Å². The quantitative estimate of drug-likeness (QED) is 0.912. The van der Waals surface area contributed by atoms with Gasteiger partial charge in [0.1, 0.15) is 5.82 Å². The monoisotopic (exact) mass is 305 g/mol. The number of carbonyl (C=O) groups excluding carboxylic acids is 1. The van der Waals surface area contributed by atoms with Gasteiger partial charge in [-0.3, -0.25) is 4.79 Å². The number of rotatable bonds is 3. The molecule has 18 heavy (non-hydrogen) atoms. The van der Waals surface area contributed by atoms with Crippen molar-refractivity contribution in [2.75, 3.05) is 10.6 Å². The summed E-state index contributed by atoms with van der Waals surface area (Å²) in [5, 5.41) is 5.91. The summed E-state index contributed by atoms with van der Waals surface area (Å²) in [5.74, 6) is 0.642. The highest BCUT2D eigenvalue weighted by molar-refractivity contribution is 9.10. The van der Waals surface area contributed by atoms with E-state index in [-0.39, 0.29) is 5.91 Å². The Hall–Kier alpha value is -1.88. The second kappa shape index (κ2) is 5.64. The number of carbonyl (C=O) groups is 1. The van der Waals surface area contributed by atoms with Crippen LogP contribution in [0, 0.1) is 0 Å². The third kappa shape index (κ3) is 3.30. The van der Waals surface area contributed by atoms with Crippen molar-refractivity contribution in [3.8, 4) is 0 Å². The van der Waals surface area contributed by atoms with Crippen LogP contribution in [0.4, 0.5) is 17.2 Å². The number of hydrogen-bond acceptors (Lipinski definition) is 3. The van der Waals surface area contributed by atoms with Crippen LogP contribution in [-0.4, -0.2) is 10.9 Å². The van der Waals surface area contributed by atoms with E-state index >= 15 is 0 Å². The van der Waals surface area contributed by atoms with Gasteiger partial charge in [-0.05, 0) is 46.3 Å². The molecule has 0 radical (unpaired) electrons. The van der Waals surface area contributed by atoms with E-state index in [9.17, 15) is 4.79 Å². The van der Waals surface area contributed by atoms with Crippen molar-refractivity contribution in [1.82, 2.24) is 4.98 Å². The number of halogens is 1. The van der Waals surface area contributed by atoms with Gasteiger partial charge in [0, 0.05) is 24.5 Å². The number of amides is 1. The van der Waals surface area contributed by atoms with E-state index in [0.717, 1.165) is 21.7 Å². The molecule has 0 bridgehead atoms. The lowest BCUT2D eigenvalue weighted by Gasteiger charge is -2.09. The Kier molecular flexibility index (Phi) is 3.94. The molecule has 1 aromatic carbocycles. The van der Waals surface area contributed by atoms with Gasteiger partial charge in [0.25, 0.3) is 0 Å². The van der Waals surface area contributed by atoms with Crippen LogP contribution >= 0.6 is 15.9 Å². The Bertz CT molecular complexity index is 572. The van der Waals surface area contributed by atoms with Gasteiger partial charge in [-0.25, -0.2) is 4.98 Å². The SMILES string of the molecule is CC(=O)Nc1cccc(Nc2ncccc2Br)c1. The van der Waals surface area contributed by atoms with Crippen LogP contribution in [0.1, 0.15) is 6.92 Å². The molecule has 0 atom stereocenters. The second-order valence-electron chi connectivity index (χ2n) is 3.72. The van der Waals surface area contributed by atoms with Crippen molar-refractivity contribution >= 4 is 39.0 Å². The molecule has 1 aromatic heterocycles. The lowest BCUT2D eigenvalue weighted by molar-refractivity contribution is -0.114. The Morgan fingerprint density at radius 1 is 1.22 bits per heavy atom. The fourth-order valence-electron chi connectivity index (χ4n) is 1.49. The molecule has 0 aliphatic heterocycles. The maximum Gasteiger partial charge on any atom is 0.221 e. The lowest BCUT2D eigenvalue weighted by atomic mass is 10.2. The molecule has 1 heterocycles. The molecule has 0 unspecified atom stereocenters. The molecule has 0 aliphatic carbocycles. The molecule has 0 saturated heterocycles. The van der Waals surface area contributed by atoms with Gasteiger partial charge < -0.3 is 10.6 Å². The highest BCUT2D eigenvalue weighted by Crippen LogP contribution is 2.24. The van der Waals surface area contributed by atoms with Gasteiger partial charge in [-0.2, -0.15) is 0 Å². The number of nitrogens with one attached hydrogen (secondary N) is 2. The van der Waals surface area contributed by atoms with Crippen LogP contribution in [0.2, 0.25) is 0 Å². The van der Waals surface area contributed by atoms with Crippen LogP contribution in [0.15, 0.2) is 47.1 Å². The number of benzene rings is 1. The van der Waals surface area contributed by atoms with Crippen molar-refractivity contribution in [3.05, 3.63) is 47.1 Å². The van der Waals surface area contributed by atoms with Gasteiger partial charge in [0.2, 0.25) is 5.91 Å². The summed E-state index contributed by atoms with van der Waals surface area (Å²) >= 11 is 3.42. The van der Waals surface area contributed by atoms with Crippen LogP contribution < -0.4 is 10.6 Å². The molecule has 92 valence electrons. The summed E-state index contributed by atoms with van der Waals surface area (Å²) in [6.45, 7) is 1.48. The minimum atomic E-state index is -0.0915. The van der Waals surface area contributed by atoms with Gasteiger partial charge >= 0.3 is 0 Å². The molecule has 5 heteroatoms. The first kappa shape index (κ1) is 12.6. The lowest BCUT2D eigenvalue weighted by Crippen LogP contribution is -2.05. The smallest absolute Gasteiger partial charge is 0.221 e. The summed E-state index contributed by atoms with van der Waals surface area (Å²) in [5.41, 5.74) is 1.61. The predicted octanol–water partition coefficient (Wildman–Crippen LogP) is 3.55. The van der Waals surface area contributed by atoms with Gasteiger partial charge in [-0.1, -0.05) is 6.07 Å². The minimum absolute atomic E-state index is 0.0915. The topological polar surface area (TPSA) is 54.0 Å². The van der Waals surface area contributed by atoms with E-state index in [4.69, 9.17) is 0 Å². The van der Waals surface area contributed by atoms with Gasteiger partial charge in [0.05, 0.1) is 4.47 Å². The zero-order valence-corrected chi connectivity index (χ0v) is 11.4. The zero-order chi connectivity index (χ0) is 13.0. The normalized spacial score (nSPS) is 9.89. The first-order valence-corrected chi connectivity index (χ1v) is 6.19. The summed E-state index contributed by atoms with van der Waals surface area (Å²) < 4.78 is 0.884. The maximum absolute atomic E-state index is 11.0. The molecule has 1 amide bonds. The third-order valence-electron chi connectivity index (χ3n) is 2.20. The summed E-state index contributed by atoms with van der Waals surface area (Å²) in [7, 11) is 0. The maximum atomic E-state index is 11.0. The van der Waals surface area contributed by atoms with E-state index in [1.165, 1.54) is 6.92 Å².